The Kier molecular flexibility index (Phi) is 3.05. The molecule has 3 rings (SSSR count). The Morgan fingerprint density at radius 1 is 1.53 bits per heavy atom. The zero-order valence-electron chi connectivity index (χ0n) is 11.3. The average Bonchev–Trinajstić information content (AvgIpc) is 2.76. The number of carbonyl (C=O) groups is 1. The maximum Gasteiger partial charge on any atom is 0.223 e. The predicted molar refractivity (Wildman–Crippen MR) is 74.4 cm³/mol. The van der Waals surface area contributed by atoms with Gasteiger partial charge in [-0.25, -0.2) is 0 Å². The number of ether oxygens (including phenoxy) is 1. The number of hydrogen-bond acceptors (Lipinski definition) is 2. The number of methoxy groups -OCH3 is 1. The molecule has 0 saturated carbocycles. The summed E-state index contributed by atoms with van der Waals surface area (Å²) in [6.45, 7) is 4.42. The van der Waals surface area contributed by atoms with E-state index in [4.69, 9.17) is 4.74 Å². The minimum absolute atomic E-state index is 0.255. The van der Waals surface area contributed by atoms with Crippen molar-refractivity contribution in [1.82, 2.24) is 4.90 Å². The van der Waals surface area contributed by atoms with Gasteiger partial charge < -0.3 is 9.64 Å². The largest absolute Gasteiger partial charge is 0.497 e. The summed E-state index contributed by atoms with van der Waals surface area (Å²) >= 11 is 0. The van der Waals surface area contributed by atoms with Gasteiger partial charge in [0.05, 0.1) is 7.11 Å². The number of amides is 1. The summed E-state index contributed by atoms with van der Waals surface area (Å²) in [4.78, 5) is 14.1. The van der Waals surface area contributed by atoms with E-state index >= 15 is 0 Å². The molecule has 2 aliphatic rings. The molecule has 1 fully saturated rings. The maximum absolute atomic E-state index is 12.1. The number of hydrogen-bond donors (Lipinski definition) is 0. The summed E-state index contributed by atoms with van der Waals surface area (Å²) < 4.78 is 5.32. The number of likely N-dealkylation sites (tertiary alicyclic amines) is 1. The molecule has 0 N–H and O–H groups in total. The molecule has 1 aromatic rings. The van der Waals surface area contributed by atoms with E-state index in [9.17, 15) is 4.79 Å². The standard InChI is InChI=1S/C16H19NO2/c1-3-8-17-15-7-5-11-4-6-12(19-2)9-13(11)14(15)10-16(17)18/h3-4,6,9,14-15H,1,5,7-8,10H2,2H3/t14-,15+/m0/s1. The summed E-state index contributed by atoms with van der Waals surface area (Å²) in [7, 11) is 1.69. The molecular formula is C16H19NO2. The van der Waals surface area contributed by atoms with Gasteiger partial charge in [0.25, 0.3) is 0 Å². The average molecular weight is 257 g/mol. The first-order valence-corrected chi connectivity index (χ1v) is 6.81. The molecule has 1 amide bonds. The Hall–Kier alpha value is -1.77. The highest BCUT2D eigenvalue weighted by Gasteiger charge is 2.42. The van der Waals surface area contributed by atoms with Crippen molar-refractivity contribution in [2.45, 2.75) is 31.2 Å². The van der Waals surface area contributed by atoms with E-state index in [1.54, 1.807) is 7.11 Å². The van der Waals surface area contributed by atoms with Crippen LogP contribution in [0.5, 0.6) is 5.75 Å². The molecule has 2 atom stereocenters. The Labute approximate surface area is 113 Å². The Balaban J connectivity index is 1.97. The van der Waals surface area contributed by atoms with Crippen LogP contribution in [0.15, 0.2) is 30.9 Å². The highest BCUT2D eigenvalue weighted by atomic mass is 16.5. The molecule has 3 nitrogen and oxygen atoms in total. The highest BCUT2D eigenvalue weighted by molar-refractivity contribution is 5.81. The maximum atomic E-state index is 12.1. The van der Waals surface area contributed by atoms with Crippen molar-refractivity contribution in [3.8, 4) is 5.75 Å². The number of fused-ring (bicyclic) bond motifs is 3. The third-order valence-electron chi connectivity index (χ3n) is 4.37. The third-order valence-corrected chi connectivity index (χ3v) is 4.37. The first-order chi connectivity index (χ1) is 9.24. The molecule has 19 heavy (non-hydrogen) atoms. The first-order valence-electron chi connectivity index (χ1n) is 6.81. The van der Waals surface area contributed by atoms with Gasteiger partial charge in [0.15, 0.2) is 0 Å². The quantitative estimate of drug-likeness (QED) is 0.779. The lowest BCUT2D eigenvalue weighted by molar-refractivity contribution is -0.128. The fourth-order valence-electron chi connectivity index (χ4n) is 3.47. The molecule has 1 aliphatic heterocycles. The minimum atomic E-state index is 0.255. The zero-order valence-corrected chi connectivity index (χ0v) is 11.3. The second-order valence-electron chi connectivity index (χ2n) is 5.32. The smallest absolute Gasteiger partial charge is 0.223 e. The van der Waals surface area contributed by atoms with Crippen LogP contribution in [0.1, 0.15) is 29.9 Å². The van der Waals surface area contributed by atoms with E-state index in [-0.39, 0.29) is 5.91 Å². The van der Waals surface area contributed by atoms with E-state index in [1.807, 2.05) is 17.0 Å². The van der Waals surface area contributed by atoms with Gasteiger partial charge in [0.1, 0.15) is 5.75 Å². The first kappa shape index (κ1) is 12.3. The van der Waals surface area contributed by atoms with Gasteiger partial charge in [-0.1, -0.05) is 12.1 Å². The van der Waals surface area contributed by atoms with Crippen molar-refractivity contribution in [2.24, 2.45) is 0 Å². The Morgan fingerprint density at radius 3 is 3.11 bits per heavy atom. The second-order valence-corrected chi connectivity index (χ2v) is 5.32. The molecule has 0 radical (unpaired) electrons. The molecule has 100 valence electrons. The van der Waals surface area contributed by atoms with Gasteiger partial charge in [-0.3, -0.25) is 4.79 Å². The molecule has 3 heteroatoms. The van der Waals surface area contributed by atoms with Crippen LogP contribution in [0.4, 0.5) is 0 Å². The van der Waals surface area contributed by atoms with Crippen LogP contribution in [0.2, 0.25) is 0 Å². The van der Waals surface area contributed by atoms with E-state index in [0.717, 1.165) is 18.6 Å². The van der Waals surface area contributed by atoms with Crippen LogP contribution in [0, 0.1) is 0 Å². The minimum Gasteiger partial charge on any atom is -0.497 e. The number of benzene rings is 1. The molecule has 0 unspecified atom stereocenters. The van der Waals surface area contributed by atoms with Gasteiger partial charge in [0.2, 0.25) is 5.91 Å². The molecule has 0 spiro atoms. The van der Waals surface area contributed by atoms with Gasteiger partial charge in [-0.05, 0) is 36.1 Å². The predicted octanol–water partition coefficient (Wildman–Crippen LogP) is 2.51. The van der Waals surface area contributed by atoms with E-state index in [0.29, 0.717) is 24.9 Å². The van der Waals surface area contributed by atoms with E-state index in [2.05, 4.69) is 18.7 Å². The summed E-state index contributed by atoms with van der Waals surface area (Å²) in [5.41, 5.74) is 2.67. The van der Waals surface area contributed by atoms with Crippen LogP contribution >= 0.6 is 0 Å². The topological polar surface area (TPSA) is 29.5 Å². The summed E-state index contributed by atoms with van der Waals surface area (Å²) in [6.07, 6.45) is 4.55. The lowest BCUT2D eigenvalue weighted by Gasteiger charge is -2.32. The van der Waals surface area contributed by atoms with Crippen molar-refractivity contribution in [1.29, 1.82) is 0 Å². The summed E-state index contributed by atoms with van der Waals surface area (Å²) in [5.74, 6) is 1.46. The van der Waals surface area contributed by atoms with Crippen molar-refractivity contribution in [3.05, 3.63) is 42.0 Å². The van der Waals surface area contributed by atoms with Crippen LogP contribution in [-0.2, 0) is 11.2 Å². The van der Waals surface area contributed by atoms with Crippen molar-refractivity contribution in [3.63, 3.8) is 0 Å². The van der Waals surface area contributed by atoms with Gasteiger partial charge in [-0.2, -0.15) is 0 Å². The molecular weight excluding hydrogens is 238 g/mol. The molecule has 1 saturated heterocycles. The van der Waals surface area contributed by atoms with Gasteiger partial charge >= 0.3 is 0 Å². The van der Waals surface area contributed by atoms with Crippen LogP contribution in [0.25, 0.3) is 0 Å². The van der Waals surface area contributed by atoms with Crippen molar-refractivity contribution in [2.75, 3.05) is 13.7 Å². The number of carbonyl (C=O) groups excluding carboxylic acids is 1. The Morgan fingerprint density at radius 2 is 2.37 bits per heavy atom. The highest BCUT2D eigenvalue weighted by Crippen LogP contribution is 2.43. The SMILES string of the molecule is C=CCN1C(=O)C[C@H]2c3cc(OC)ccc3CC[C@H]21. The normalized spacial score (nSPS) is 24.9. The Bertz CT molecular complexity index is 523. The van der Waals surface area contributed by atoms with Crippen LogP contribution in [0.3, 0.4) is 0 Å². The lowest BCUT2D eigenvalue weighted by Crippen LogP contribution is -2.37. The number of rotatable bonds is 3. The van der Waals surface area contributed by atoms with Crippen LogP contribution < -0.4 is 4.74 Å². The second kappa shape index (κ2) is 4.72. The van der Waals surface area contributed by atoms with Crippen LogP contribution in [-0.4, -0.2) is 30.5 Å². The summed E-state index contributed by atoms with van der Waals surface area (Å²) in [6, 6.07) is 6.60. The fourth-order valence-corrected chi connectivity index (χ4v) is 3.47. The molecule has 1 aromatic carbocycles. The summed E-state index contributed by atoms with van der Waals surface area (Å²) in [5, 5.41) is 0. The van der Waals surface area contributed by atoms with Gasteiger partial charge in [-0.15, -0.1) is 6.58 Å². The fraction of sp³-hybridized carbons (Fsp3) is 0.438. The number of aryl methyl sites for hydroxylation is 1. The van der Waals surface area contributed by atoms with Crippen molar-refractivity contribution >= 4 is 5.91 Å². The van der Waals surface area contributed by atoms with E-state index in [1.165, 1.54) is 11.1 Å². The van der Waals surface area contributed by atoms with E-state index < -0.39 is 0 Å². The molecule has 0 bridgehead atoms. The number of nitrogens with zero attached hydrogens (tertiary/aromatic N) is 1. The zero-order chi connectivity index (χ0) is 13.4. The van der Waals surface area contributed by atoms with Gasteiger partial charge in [0, 0.05) is 24.9 Å². The molecule has 1 heterocycles. The van der Waals surface area contributed by atoms with Crippen molar-refractivity contribution < 1.29 is 9.53 Å². The molecule has 0 aromatic heterocycles. The molecule has 1 aliphatic carbocycles. The monoisotopic (exact) mass is 257 g/mol. The lowest BCUT2D eigenvalue weighted by atomic mass is 9.79. The third kappa shape index (κ3) is 1.93.